The molecule has 0 radical (unpaired) electrons. The average molecular weight is 429 g/mol. The van der Waals surface area contributed by atoms with Crippen LogP contribution in [0.1, 0.15) is 11.1 Å². The fraction of sp³-hybridized carbons (Fsp3) is 0.176. The molecule has 1 aromatic heterocycles. The minimum Gasteiger partial charge on any atom is -0.406 e. The van der Waals surface area contributed by atoms with Crippen LogP contribution in [0.25, 0.3) is 11.0 Å². The highest BCUT2D eigenvalue weighted by Crippen LogP contribution is 2.29. The molecule has 0 aliphatic heterocycles. The number of halogens is 3. The number of aromatic nitrogens is 2. The van der Waals surface area contributed by atoms with Crippen molar-refractivity contribution in [2.75, 3.05) is 4.72 Å². The van der Waals surface area contributed by atoms with E-state index < -0.39 is 33.3 Å². The van der Waals surface area contributed by atoms with Gasteiger partial charge in [-0.2, -0.15) is 0 Å². The first-order chi connectivity index (χ1) is 13.4. The summed E-state index contributed by atoms with van der Waals surface area (Å²) in [6, 6.07) is 5.87. The zero-order valence-electron chi connectivity index (χ0n) is 15.0. The highest BCUT2D eigenvalue weighted by molar-refractivity contribution is 7.92. The molecule has 3 N–H and O–H groups in total. The lowest BCUT2D eigenvalue weighted by molar-refractivity contribution is -0.274. The Morgan fingerprint density at radius 2 is 1.52 bits per heavy atom. The van der Waals surface area contributed by atoms with E-state index in [0.29, 0.717) is 0 Å². The third-order valence-electron chi connectivity index (χ3n) is 3.96. The van der Waals surface area contributed by atoms with Crippen LogP contribution in [0.2, 0.25) is 0 Å². The van der Waals surface area contributed by atoms with Gasteiger partial charge in [0, 0.05) is 5.69 Å². The van der Waals surface area contributed by atoms with Gasteiger partial charge in [-0.3, -0.25) is 14.3 Å². The molecule has 0 aliphatic carbocycles. The van der Waals surface area contributed by atoms with Crippen LogP contribution < -0.4 is 20.6 Å². The quantitative estimate of drug-likeness (QED) is 0.551. The standard InChI is InChI=1S/C17H14F3N3O5S/c1-8-5-10(3-4-13(8)28-17(18,19)20)23-29(26,27)14-7-12-11(6-9(14)2)21-15(24)16(25)22-12/h3-7,23H,1-2H3,(H,21,24)(H,22,25). The molecule has 2 aromatic carbocycles. The molecule has 0 bridgehead atoms. The third-order valence-corrected chi connectivity index (χ3v) is 5.48. The predicted molar refractivity (Wildman–Crippen MR) is 98.6 cm³/mol. The summed E-state index contributed by atoms with van der Waals surface area (Å²) in [6.07, 6.45) is -4.87. The first-order valence-corrected chi connectivity index (χ1v) is 9.50. The van der Waals surface area contributed by atoms with Gasteiger partial charge in [-0.25, -0.2) is 8.42 Å². The van der Waals surface area contributed by atoms with Gasteiger partial charge >= 0.3 is 17.5 Å². The molecule has 0 fully saturated rings. The molecule has 0 atom stereocenters. The van der Waals surface area contributed by atoms with Gasteiger partial charge in [0.2, 0.25) is 0 Å². The zero-order chi connectivity index (χ0) is 21.6. The van der Waals surface area contributed by atoms with Gasteiger partial charge in [0.05, 0.1) is 15.9 Å². The van der Waals surface area contributed by atoms with Crippen LogP contribution >= 0.6 is 0 Å². The first kappa shape index (κ1) is 20.5. The van der Waals surface area contributed by atoms with Gasteiger partial charge in [-0.05, 0) is 55.3 Å². The summed E-state index contributed by atoms with van der Waals surface area (Å²) in [5.41, 5.74) is -1.09. The predicted octanol–water partition coefficient (Wildman–Crippen LogP) is 2.53. The molecule has 3 aromatic rings. The molecule has 0 saturated carbocycles. The average Bonchev–Trinajstić information content (AvgIpc) is 2.57. The van der Waals surface area contributed by atoms with E-state index in [1.807, 2.05) is 0 Å². The summed E-state index contributed by atoms with van der Waals surface area (Å²) < 4.78 is 68.7. The smallest absolute Gasteiger partial charge is 0.406 e. The molecule has 29 heavy (non-hydrogen) atoms. The second-order valence-corrected chi connectivity index (χ2v) is 7.86. The number of fused-ring (bicyclic) bond motifs is 1. The van der Waals surface area contributed by atoms with Crippen LogP contribution in [0, 0.1) is 13.8 Å². The Balaban J connectivity index is 1.98. The van der Waals surface area contributed by atoms with Crippen molar-refractivity contribution in [2.45, 2.75) is 25.1 Å². The number of benzene rings is 2. The Morgan fingerprint density at radius 3 is 2.07 bits per heavy atom. The van der Waals surface area contributed by atoms with E-state index in [1.165, 1.54) is 32.0 Å². The number of ether oxygens (including phenoxy) is 1. The van der Waals surface area contributed by atoms with E-state index in [0.717, 1.165) is 12.1 Å². The van der Waals surface area contributed by atoms with Gasteiger partial charge in [0.1, 0.15) is 5.75 Å². The second-order valence-electron chi connectivity index (χ2n) is 6.21. The van der Waals surface area contributed by atoms with Gasteiger partial charge in [0.25, 0.3) is 10.0 Å². The molecule has 0 spiro atoms. The highest BCUT2D eigenvalue weighted by Gasteiger charge is 2.31. The maximum absolute atomic E-state index is 12.8. The van der Waals surface area contributed by atoms with Crippen LogP contribution in [-0.2, 0) is 10.0 Å². The monoisotopic (exact) mass is 429 g/mol. The molecule has 0 unspecified atom stereocenters. The number of anilines is 1. The maximum Gasteiger partial charge on any atom is 0.573 e. The van der Waals surface area contributed by atoms with Crippen molar-refractivity contribution in [1.29, 1.82) is 0 Å². The number of rotatable bonds is 4. The number of nitrogens with one attached hydrogen (secondary N) is 3. The number of H-pyrrole nitrogens is 2. The summed E-state index contributed by atoms with van der Waals surface area (Å²) in [6.45, 7) is 2.82. The Hall–Kier alpha value is -3.28. The van der Waals surface area contributed by atoms with Gasteiger partial charge < -0.3 is 14.7 Å². The van der Waals surface area contributed by atoms with Crippen LogP contribution in [0.5, 0.6) is 5.75 Å². The number of hydrogen-bond donors (Lipinski definition) is 3. The fourth-order valence-electron chi connectivity index (χ4n) is 2.70. The van der Waals surface area contributed by atoms with E-state index in [4.69, 9.17) is 0 Å². The number of aryl methyl sites for hydroxylation is 2. The van der Waals surface area contributed by atoms with E-state index >= 15 is 0 Å². The Morgan fingerprint density at radius 1 is 0.931 bits per heavy atom. The molecule has 3 rings (SSSR count). The molecule has 0 amide bonds. The van der Waals surface area contributed by atoms with Crippen molar-refractivity contribution in [3.63, 3.8) is 0 Å². The van der Waals surface area contributed by atoms with E-state index in [2.05, 4.69) is 19.4 Å². The van der Waals surface area contributed by atoms with Gasteiger partial charge in [-0.1, -0.05) is 0 Å². The van der Waals surface area contributed by atoms with Crippen molar-refractivity contribution in [2.24, 2.45) is 0 Å². The van der Waals surface area contributed by atoms with E-state index in [1.54, 1.807) is 0 Å². The fourth-order valence-corrected chi connectivity index (χ4v) is 4.01. The molecule has 8 nitrogen and oxygen atoms in total. The molecule has 154 valence electrons. The largest absolute Gasteiger partial charge is 0.573 e. The molecule has 0 aliphatic rings. The molecule has 0 saturated heterocycles. The van der Waals surface area contributed by atoms with Crippen molar-refractivity contribution in [3.05, 3.63) is 62.2 Å². The highest BCUT2D eigenvalue weighted by atomic mass is 32.2. The van der Waals surface area contributed by atoms with Gasteiger partial charge in [0.15, 0.2) is 0 Å². The van der Waals surface area contributed by atoms with Gasteiger partial charge in [-0.15, -0.1) is 13.2 Å². The zero-order valence-corrected chi connectivity index (χ0v) is 15.8. The first-order valence-electron chi connectivity index (χ1n) is 8.02. The minimum atomic E-state index is -4.87. The van der Waals surface area contributed by atoms with E-state index in [9.17, 15) is 31.2 Å². The second kappa shape index (κ2) is 6.95. The van der Waals surface area contributed by atoms with Crippen LogP contribution in [0.3, 0.4) is 0 Å². The van der Waals surface area contributed by atoms with E-state index in [-0.39, 0.29) is 32.7 Å². The van der Waals surface area contributed by atoms with Crippen LogP contribution in [0.15, 0.2) is 44.8 Å². The summed E-state index contributed by atoms with van der Waals surface area (Å²) in [5, 5.41) is 0. The van der Waals surface area contributed by atoms with Crippen molar-refractivity contribution >= 4 is 26.7 Å². The number of hydrogen-bond acceptors (Lipinski definition) is 5. The van der Waals surface area contributed by atoms with Crippen LogP contribution in [0.4, 0.5) is 18.9 Å². The Labute approximate surface area is 161 Å². The lowest BCUT2D eigenvalue weighted by Gasteiger charge is -2.14. The summed E-state index contributed by atoms with van der Waals surface area (Å²) in [7, 11) is -4.15. The summed E-state index contributed by atoms with van der Waals surface area (Å²) in [5.74, 6) is -0.455. The third kappa shape index (κ3) is 4.42. The maximum atomic E-state index is 12.8. The minimum absolute atomic E-state index is 0.0199. The molecule has 12 heteroatoms. The molecule has 1 heterocycles. The summed E-state index contributed by atoms with van der Waals surface area (Å²) >= 11 is 0. The van der Waals surface area contributed by atoms with Crippen molar-refractivity contribution in [1.82, 2.24) is 9.97 Å². The van der Waals surface area contributed by atoms with Crippen LogP contribution in [-0.4, -0.2) is 24.7 Å². The number of alkyl halides is 3. The topological polar surface area (TPSA) is 121 Å². The molecular weight excluding hydrogens is 415 g/mol. The number of sulfonamides is 1. The Kier molecular flexibility index (Phi) is 4.91. The lowest BCUT2D eigenvalue weighted by atomic mass is 10.2. The van der Waals surface area contributed by atoms with Crippen molar-refractivity contribution in [3.8, 4) is 5.75 Å². The Bertz CT molecular complexity index is 1330. The number of aromatic amines is 2. The summed E-state index contributed by atoms with van der Waals surface area (Å²) in [4.78, 5) is 27.3. The molecular formula is C17H14F3N3O5S. The van der Waals surface area contributed by atoms with Crippen molar-refractivity contribution < 1.29 is 26.3 Å². The lowest BCUT2D eigenvalue weighted by Crippen LogP contribution is -2.29. The normalized spacial score (nSPS) is 12.2. The SMILES string of the molecule is Cc1cc(NS(=O)(=O)c2cc3[nH]c(=O)c(=O)[nH]c3cc2C)ccc1OC(F)(F)F.